The number of hydrogen-bond donors (Lipinski definition) is 1. The number of aryl methyl sites for hydroxylation is 1. The van der Waals surface area contributed by atoms with E-state index < -0.39 is 6.10 Å². The fraction of sp³-hybridized carbons (Fsp3) is 0.727. The minimum atomic E-state index is -0.533. The van der Waals surface area contributed by atoms with Gasteiger partial charge in [0.05, 0.1) is 16.9 Å². The van der Waals surface area contributed by atoms with Crippen LogP contribution in [-0.2, 0) is 6.54 Å². The maximum absolute atomic E-state index is 10.1. The molecule has 1 heterocycles. The molecule has 0 radical (unpaired) electrons. The third-order valence-corrected chi connectivity index (χ3v) is 3.64. The number of thioether (sulfide) groups is 1. The lowest BCUT2D eigenvalue weighted by Gasteiger charge is -2.14. The molecular formula is C11H19ClN2OS. The monoisotopic (exact) mass is 262 g/mol. The van der Waals surface area contributed by atoms with E-state index in [4.69, 9.17) is 11.6 Å². The van der Waals surface area contributed by atoms with Crippen LogP contribution in [0.3, 0.4) is 0 Å². The average Bonchev–Trinajstić information content (AvgIpc) is 2.57. The van der Waals surface area contributed by atoms with Gasteiger partial charge in [0.15, 0.2) is 0 Å². The van der Waals surface area contributed by atoms with Gasteiger partial charge in [0.2, 0.25) is 0 Å². The Balaban J connectivity index is 2.72. The molecule has 0 saturated carbocycles. The predicted molar refractivity (Wildman–Crippen MR) is 70.1 cm³/mol. The summed E-state index contributed by atoms with van der Waals surface area (Å²) >= 11 is 7.76. The highest BCUT2D eigenvalue weighted by Gasteiger charge is 2.18. The molecular weight excluding hydrogens is 244 g/mol. The summed E-state index contributed by atoms with van der Waals surface area (Å²) in [4.78, 5) is 0. The van der Waals surface area contributed by atoms with Crippen molar-refractivity contribution in [3.63, 3.8) is 0 Å². The number of rotatable bonds is 6. The second-order valence-corrected chi connectivity index (χ2v) is 6.02. The molecule has 92 valence electrons. The van der Waals surface area contributed by atoms with Crippen LogP contribution in [0.1, 0.15) is 39.0 Å². The topological polar surface area (TPSA) is 38.0 Å². The first kappa shape index (κ1) is 13.9. The van der Waals surface area contributed by atoms with Gasteiger partial charge in [0.25, 0.3) is 0 Å². The molecule has 16 heavy (non-hydrogen) atoms. The lowest BCUT2D eigenvalue weighted by molar-refractivity contribution is 0.191. The first-order chi connectivity index (χ1) is 7.56. The summed E-state index contributed by atoms with van der Waals surface area (Å²) in [5, 5.41) is 15.3. The molecule has 1 rings (SSSR count). The summed E-state index contributed by atoms with van der Waals surface area (Å²) in [6.07, 6.45) is 2.05. The smallest absolute Gasteiger partial charge is 0.106 e. The summed E-state index contributed by atoms with van der Waals surface area (Å²) in [6.45, 7) is 7.10. The van der Waals surface area contributed by atoms with Crippen LogP contribution in [0.25, 0.3) is 0 Å². The lowest BCUT2D eigenvalue weighted by Crippen LogP contribution is -2.12. The van der Waals surface area contributed by atoms with Gasteiger partial charge in [-0.05, 0) is 11.7 Å². The fourth-order valence-corrected chi connectivity index (χ4v) is 2.45. The fourth-order valence-electron chi connectivity index (χ4n) is 1.46. The first-order valence-corrected chi connectivity index (χ1v) is 6.99. The summed E-state index contributed by atoms with van der Waals surface area (Å²) in [6, 6.07) is 0. The number of nitrogens with zero attached hydrogens (tertiary/aromatic N) is 2. The zero-order valence-electron chi connectivity index (χ0n) is 9.98. The molecule has 1 atom stereocenters. The molecule has 0 aliphatic heterocycles. The first-order valence-electron chi connectivity index (χ1n) is 5.57. The molecule has 1 unspecified atom stereocenters. The minimum absolute atomic E-state index is 0.510. The van der Waals surface area contributed by atoms with Gasteiger partial charge in [-0.15, -0.1) is 0 Å². The van der Waals surface area contributed by atoms with Crippen molar-refractivity contribution in [3.05, 3.63) is 16.9 Å². The molecule has 1 N–H and O–H groups in total. The predicted octanol–water partition coefficient (Wildman–Crippen LogP) is 3.12. The zero-order chi connectivity index (χ0) is 12.1. The Morgan fingerprint density at radius 1 is 1.56 bits per heavy atom. The maximum atomic E-state index is 10.1. The Morgan fingerprint density at radius 3 is 2.81 bits per heavy atom. The third kappa shape index (κ3) is 3.68. The van der Waals surface area contributed by atoms with Crippen LogP contribution in [0.2, 0.25) is 5.02 Å². The molecule has 0 saturated heterocycles. The van der Waals surface area contributed by atoms with E-state index in [0.717, 1.165) is 18.7 Å². The van der Waals surface area contributed by atoms with E-state index in [-0.39, 0.29) is 0 Å². The standard InChI is InChI=1S/C11H19ClN2OS/c1-4-5-14-11(9(12)6-13-14)10(15)7-16-8(2)3/h6,8,10,15H,4-5,7H2,1-3H3. The van der Waals surface area contributed by atoms with E-state index in [1.807, 2.05) is 0 Å². The molecule has 0 spiro atoms. The van der Waals surface area contributed by atoms with Crippen molar-refractivity contribution in [1.82, 2.24) is 9.78 Å². The van der Waals surface area contributed by atoms with Crippen LogP contribution in [-0.4, -0.2) is 25.9 Å². The molecule has 0 aliphatic rings. The molecule has 0 fully saturated rings. The quantitative estimate of drug-likeness (QED) is 0.856. The summed E-state index contributed by atoms with van der Waals surface area (Å²) in [7, 11) is 0. The van der Waals surface area contributed by atoms with Gasteiger partial charge < -0.3 is 5.11 Å². The third-order valence-electron chi connectivity index (χ3n) is 2.17. The number of halogens is 1. The van der Waals surface area contributed by atoms with Crippen LogP contribution >= 0.6 is 23.4 Å². The van der Waals surface area contributed by atoms with Crippen LogP contribution in [0.4, 0.5) is 0 Å². The van der Waals surface area contributed by atoms with Crippen molar-refractivity contribution in [2.24, 2.45) is 0 Å². The van der Waals surface area contributed by atoms with Crippen LogP contribution in [0.5, 0.6) is 0 Å². The second-order valence-electron chi connectivity index (χ2n) is 4.00. The van der Waals surface area contributed by atoms with Gasteiger partial charge in [-0.2, -0.15) is 16.9 Å². The molecule has 0 aliphatic carbocycles. The Morgan fingerprint density at radius 2 is 2.25 bits per heavy atom. The molecule has 1 aromatic heterocycles. The van der Waals surface area contributed by atoms with Crippen molar-refractivity contribution in [1.29, 1.82) is 0 Å². The Labute approximate surface area is 106 Å². The van der Waals surface area contributed by atoms with Gasteiger partial charge in [-0.3, -0.25) is 4.68 Å². The Kier molecular flexibility index (Phi) is 5.66. The normalized spacial score (nSPS) is 13.4. The number of hydrogen-bond acceptors (Lipinski definition) is 3. The summed E-state index contributed by atoms with van der Waals surface area (Å²) in [5.74, 6) is 0.660. The van der Waals surface area contributed by atoms with Crippen LogP contribution in [0, 0.1) is 0 Å². The zero-order valence-corrected chi connectivity index (χ0v) is 11.6. The van der Waals surface area contributed by atoms with Gasteiger partial charge in [0, 0.05) is 12.3 Å². The highest BCUT2D eigenvalue weighted by molar-refractivity contribution is 7.99. The molecule has 1 aromatic rings. The molecule has 0 bridgehead atoms. The minimum Gasteiger partial charge on any atom is -0.386 e. The number of aromatic nitrogens is 2. The van der Waals surface area contributed by atoms with Gasteiger partial charge >= 0.3 is 0 Å². The van der Waals surface area contributed by atoms with E-state index in [1.54, 1.807) is 22.6 Å². The van der Waals surface area contributed by atoms with Crippen molar-refractivity contribution in [2.75, 3.05) is 5.75 Å². The molecule has 0 amide bonds. The number of aliphatic hydroxyl groups excluding tert-OH is 1. The lowest BCUT2D eigenvalue weighted by atomic mass is 10.3. The van der Waals surface area contributed by atoms with Crippen molar-refractivity contribution < 1.29 is 5.11 Å². The van der Waals surface area contributed by atoms with Crippen molar-refractivity contribution >= 4 is 23.4 Å². The van der Waals surface area contributed by atoms with Crippen LogP contribution < -0.4 is 0 Å². The molecule has 0 aromatic carbocycles. The van der Waals surface area contributed by atoms with E-state index in [1.165, 1.54) is 0 Å². The largest absolute Gasteiger partial charge is 0.386 e. The highest BCUT2D eigenvalue weighted by Crippen LogP contribution is 2.27. The van der Waals surface area contributed by atoms with Crippen molar-refractivity contribution in [3.8, 4) is 0 Å². The SMILES string of the molecule is CCCn1ncc(Cl)c1C(O)CSC(C)C. The maximum Gasteiger partial charge on any atom is 0.106 e. The second kappa shape index (κ2) is 6.52. The van der Waals surface area contributed by atoms with Crippen molar-refractivity contribution in [2.45, 2.75) is 45.1 Å². The number of aliphatic hydroxyl groups is 1. The van der Waals surface area contributed by atoms with Gasteiger partial charge in [-0.1, -0.05) is 32.4 Å². The Hall–Kier alpha value is -0.190. The highest BCUT2D eigenvalue weighted by atomic mass is 35.5. The molecule has 3 nitrogen and oxygen atoms in total. The van der Waals surface area contributed by atoms with Gasteiger partial charge in [0.1, 0.15) is 6.10 Å². The Bertz CT molecular complexity index is 328. The van der Waals surface area contributed by atoms with E-state index in [9.17, 15) is 5.11 Å². The average molecular weight is 263 g/mol. The summed E-state index contributed by atoms with van der Waals surface area (Å²) < 4.78 is 1.80. The summed E-state index contributed by atoms with van der Waals surface area (Å²) in [5.41, 5.74) is 0.747. The van der Waals surface area contributed by atoms with E-state index >= 15 is 0 Å². The van der Waals surface area contributed by atoms with E-state index in [2.05, 4.69) is 25.9 Å². The van der Waals surface area contributed by atoms with E-state index in [0.29, 0.717) is 16.0 Å². The van der Waals surface area contributed by atoms with Gasteiger partial charge in [-0.25, -0.2) is 0 Å². The molecule has 5 heteroatoms. The van der Waals surface area contributed by atoms with Crippen LogP contribution in [0.15, 0.2) is 6.20 Å².